The van der Waals surface area contributed by atoms with Crippen molar-refractivity contribution in [3.8, 4) is 5.75 Å². The fourth-order valence-corrected chi connectivity index (χ4v) is 3.56. The van der Waals surface area contributed by atoms with Crippen LogP contribution in [0.15, 0.2) is 29.3 Å². The molecule has 1 saturated heterocycles. The molecule has 30 heavy (non-hydrogen) atoms. The van der Waals surface area contributed by atoms with Gasteiger partial charge in [0.1, 0.15) is 24.0 Å². The van der Waals surface area contributed by atoms with E-state index >= 15 is 0 Å². The van der Waals surface area contributed by atoms with E-state index in [-0.39, 0.29) is 12.8 Å². The number of aliphatic hydroxyl groups is 2. The smallest absolute Gasteiger partial charge is 0.394 e. The zero-order chi connectivity index (χ0) is 22.6. The molecule has 9 heteroatoms. The molecular weight excluding hydrogens is 401 g/mol. The average molecular weight is 432 g/mol. The average Bonchev–Trinajstić information content (AvgIpc) is 2.68. The van der Waals surface area contributed by atoms with Crippen molar-refractivity contribution >= 4 is 5.84 Å². The molecule has 0 aliphatic carbocycles. The van der Waals surface area contributed by atoms with Gasteiger partial charge in [0.05, 0.1) is 31.1 Å². The predicted molar refractivity (Wildman–Crippen MR) is 108 cm³/mol. The molecule has 2 rings (SSSR count). The Labute approximate surface area is 175 Å². The van der Waals surface area contributed by atoms with Gasteiger partial charge in [0.15, 0.2) is 0 Å². The van der Waals surface area contributed by atoms with Crippen molar-refractivity contribution in [2.24, 2.45) is 10.9 Å². The van der Waals surface area contributed by atoms with Gasteiger partial charge in [-0.2, -0.15) is 13.2 Å². The summed E-state index contributed by atoms with van der Waals surface area (Å²) in [5.41, 5.74) is 0.716. The molecule has 170 valence electrons. The molecule has 0 spiro atoms. The molecule has 6 unspecified atom stereocenters. The summed E-state index contributed by atoms with van der Waals surface area (Å²) in [4.78, 5) is 6.04. The highest BCUT2D eigenvalue weighted by Gasteiger charge is 2.53. The number of benzene rings is 1. The number of alkyl halides is 3. The number of aryl methyl sites for hydroxylation is 1. The molecule has 0 aromatic heterocycles. The second-order valence-corrected chi connectivity index (χ2v) is 7.88. The quantitative estimate of drug-likeness (QED) is 0.534. The molecule has 0 bridgehead atoms. The van der Waals surface area contributed by atoms with E-state index < -0.39 is 42.6 Å². The summed E-state index contributed by atoms with van der Waals surface area (Å²) < 4.78 is 52.2. The van der Waals surface area contributed by atoms with Crippen molar-refractivity contribution in [3.05, 3.63) is 29.8 Å². The Hall–Kier alpha value is -1.84. The van der Waals surface area contributed by atoms with Gasteiger partial charge in [-0.1, -0.05) is 12.1 Å². The Morgan fingerprint density at radius 3 is 2.30 bits per heavy atom. The Kier molecular flexibility index (Phi) is 8.13. The van der Waals surface area contributed by atoms with Crippen molar-refractivity contribution in [1.29, 1.82) is 0 Å². The summed E-state index contributed by atoms with van der Waals surface area (Å²) in [5, 5.41) is 21.0. The standard InChI is InChI=1S/C21H31F3N2O4/c1-12-17(25-13(2)26(3)4)18(27)19(28)20(30-12)16(21(22,23)24)11-8-14-6-9-15(29-5)10-7-14/h6-7,9-10,12,16-20,27-28H,8,11H2,1-5H3. The molecule has 6 atom stereocenters. The molecule has 0 radical (unpaired) electrons. The van der Waals surface area contributed by atoms with Gasteiger partial charge in [-0.15, -0.1) is 0 Å². The second kappa shape index (κ2) is 9.98. The van der Waals surface area contributed by atoms with Crippen molar-refractivity contribution in [2.45, 2.75) is 63.3 Å². The Bertz CT molecular complexity index is 709. The van der Waals surface area contributed by atoms with Gasteiger partial charge >= 0.3 is 6.18 Å². The van der Waals surface area contributed by atoms with Crippen LogP contribution < -0.4 is 4.74 Å². The molecule has 1 heterocycles. The number of halogens is 3. The van der Waals surface area contributed by atoms with E-state index in [2.05, 4.69) is 4.99 Å². The van der Waals surface area contributed by atoms with Crippen molar-refractivity contribution in [3.63, 3.8) is 0 Å². The highest BCUT2D eigenvalue weighted by atomic mass is 19.4. The lowest BCUT2D eigenvalue weighted by Gasteiger charge is -2.43. The summed E-state index contributed by atoms with van der Waals surface area (Å²) in [6.45, 7) is 3.28. The van der Waals surface area contributed by atoms with Crippen LogP contribution in [0, 0.1) is 5.92 Å². The fraction of sp³-hybridized carbons (Fsp3) is 0.667. The molecule has 1 fully saturated rings. The fourth-order valence-electron chi connectivity index (χ4n) is 3.56. The van der Waals surface area contributed by atoms with E-state index in [1.807, 2.05) is 0 Å². The third-order valence-corrected chi connectivity index (χ3v) is 5.59. The van der Waals surface area contributed by atoms with Crippen molar-refractivity contribution in [2.75, 3.05) is 21.2 Å². The molecule has 1 aromatic carbocycles. The van der Waals surface area contributed by atoms with E-state index in [1.165, 1.54) is 7.11 Å². The normalized spacial score (nSPS) is 28.9. The van der Waals surface area contributed by atoms with Crippen LogP contribution in [0.3, 0.4) is 0 Å². The highest BCUT2D eigenvalue weighted by molar-refractivity contribution is 5.79. The third-order valence-electron chi connectivity index (χ3n) is 5.59. The van der Waals surface area contributed by atoms with Crippen LogP contribution in [-0.2, 0) is 11.2 Å². The van der Waals surface area contributed by atoms with E-state index in [0.717, 1.165) is 0 Å². The Balaban J connectivity index is 2.18. The van der Waals surface area contributed by atoms with Crippen LogP contribution in [0.5, 0.6) is 5.75 Å². The largest absolute Gasteiger partial charge is 0.497 e. The number of aliphatic imine (C=N–C) groups is 1. The van der Waals surface area contributed by atoms with Gasteiger partial charge in [-0.05, 0) is 44.4 Å². The second-order valence-electron chi connectivity index (χ2n) is 7.88. The summed E-state index contributed by atoms with van der Waals surface area (Å²) in [6, 6.07) is 5.93. The lowest BCUT2D eigenvalue weighted by molar-refractivity contribution is -0.258. The van der Waals surface area contributed by atoms with Gasteiger partial charge in [-0.3, -0.25) is 4.99 Å². The molecule has 6 nitrogen and oxygen atoms in total. The number of hydrogen-bond donors (Lipinski definition) is 2. The van der Waals surface area contributed by atoms with Gasteiger partial charge in [-0.25, -0.2) is 0 Å². The number of methoxy groups -OCH3 is 1. The lowest BCUT2D eigenvalue weighted by atomic mass is 9.84. The predicted octanol–water partition coefficient (Wildman–Crippen LogP) is 2.66. The number of nitrogens with zero attached hydrogens (tertiary/aromatic N) is 2. The van der Waals surface area contributed by atoms with Crippen LogP contribution in [0.4, 0.5) is 13.2 Å². The number of hydrogen-bond acceptors (Lipinski definition) is 5. The minimum absolute atomic E-state index is 0.145. The van der Waals surface area contributed by atoms with E-state index in [4.69, 9.17) is 9.47 Å². The molecular formula is C21H31F3N2O4. The first-order chi connectivity index (χ1) is 14.0. The van der Waals surface area contributed by atoms with Gasteiger partial charge < -0.3 is 24.6 Å². The molecule has 0 saturated carbocycles. The molecule has 1 aromatic rings. The Morgan fingerprint density at radius 1 is 1.20 bits per heavy atom. The minimum atomic E-state index is -4.59. The number of ether oxygens (including phenoxy) is 2. The first kappa shape index (κ1) is 24.4. The van der Waals surface area contributed by atoms with E-state index in [1.54, 1.807) is 57.1 Å². The number of amidine groups is 1. The van der Waals surface area contributed by atoms with Crippen LogP contribution in [0.1, 0.15) is 25.8 Å². The maximum absolute atomic E-state index is 13.8. The summed E-state index contributed by atoms with van der Waals surface area (Å²) in [7, 11) is 5.04. The number of aliphatic hydroxyl groups excluding tert-OH is 2. The molecule has 1 aliphatic heterocycles. The highest BCUT2D eigenvalue weighted by Crippen LogP contribution is 2.39. The first-order valence-electron chi connectivity index (χ1n) is 9.88. The van der Waals surface area contributed by atoms with Crippen LogP contribution in [0.2, 0.25) is 0 Å². The van der Waals surface area contributed by atoms with Gasteiger partial charge in [0.25, 0.3) is 0 Å². The minimum Gasteiger partial charge on any atom is -0.497 e. The van der Waals surface area contributed by atoms with Crippen LogP contribution in [-0.4, -0.2) is 78.8 Å². The zero-order valence-electron chi connectivity index (χ0n) is 17.9. The monoisotopic (exact) mass is 432 g/mol. The summed E-state index contributed by atoms with van der Waals surface area (Å²) >= 11 is 0. The third kappa shape index (κ3) is 5.86. The van der Waals surface area contributed by atoms with Gasteiger partial charge in [0, 0.05) is 14.1 Å². The molecule has 2 N–H and O–H groups in total. The SMILES string of the molecule is COc1ccc(CCC(C2OC(C)C(N=C(C)N(C)C)C(O)C2O)C(F)(F)F)cc1. The first-order valence-corrected chi connectivity index (χ1v) is 9.88. The summed E-state index contributed by atoms with van der Waals surface area (Å²) in [5.74, 6) is -0.729. The van der Waals surface area contributed by atoms with Crippen molar-refractivity contribution < 1.29 is 32.9 Å². The maximum atomic E-state index is 13.8. The van der Waals surface area contributed by atoms with Crippen LogP contribution >= 0.6 is 0 Å². The van der Waals surface area contributed by atoms with Crippen molar-refractivity contribution in [1.82, 2.24) is 4.90 Å². The van der Waals surface area contributed by atoms with E-state index in [9.17, 15) is 23.4 Å². The van der Waals surface area contributed by atoms with Gasteiger partial charge in [0.2, 0.25) is 0 Å². The topological polar surface area (TPSA) is 74.5 Å². The zero-order valence-corrected chi connectivity index (χ0v) is 17.9. The molecule has 1 aliphatic rings. The van der Waals surface area contributed by atoms with Crippen LogP contribution in [0.25, 0.3) is 0 Å². The maximum Gasteiger partial charge on any atom is 0.394 e. The Morgan fingerprint density at radius 2 is 1.80 bits per heavy atom. The summed E-state index contributed by atoms with van der Waals surface area (Å²) in [6.07, 6.45) is -10.2. The van der Waals surface area contributed by atoms with E-state index in [0.29, 0.717) is 17.1 Å². The molecule has 0 amide bonds. The number of rotatable bonds is 6. The lowest BCUT2D eigenvalue weighted by Crippen LogP contribution is -2.60.